The maximum Gasteiger partial charge on any atom is 0.0585 e. The van der Waals surface area contributed by atoms with E-state index in [-0.39, 0.29) is 6.10 Å². The molecule has 1 aliphatic heterocycles. The summed E-state index contributed by atoms with van der Waals surface area (Å²) in [7, 11) is 0. The Morgan fingerprint density at radius 3 is 2.42 bits per heavy atom. The molecule has 3 heteroatoms. The van der Waals surface area contributed by atoms with Crippen molar-refractivity contribution in [2.75, 3.05) is 32.7 Å². The first kappa shape index (κ1) is 15.3. The Kier molecular flexibility index (Phi) is 5.27. The summed E-state index contributed by atoms with van der Waals surface area (Å²) in [6.45, 7) is 15.0. The van der Waals surface area contributed by atoms with Crippen molar-refractivity contribution in [2.24, 2.45) is 17.8 Å². The summed E-state index contributed by atoms with van der Waals surface area (Å²) in [5.74, 6) is 1.84. The van der Waals surface area contributed by atoms with E-state index in [0.29, 0.717) is 23.8 Å². The number of aliphatic hydroxyl groups is 1. The van der Waals surface area contributed by atoms with Crippen molar-refractivity contribution in [3.63, 3.8) is 0 Å². The van der Waals surface area contributed by atoms with Gasteiger partial charge in [-0.2, -0.15) is 0 Å². The molecule has 1 N–H and O–H groups in total. The maximum absolute atomic E-state index is 10.4. The third-order valence-corrected chi connectivity index (χ3v) is 5.37. The molecular formula is C16H32N2O. The highest BCUT2D eigenvalue weighted by molar-refractivity contribution is 4.87. The number of piperazine rings is 1. The topological polar surface area (TPSA) is 26.7 Å². The molecule has 1 aliphatic carbocycles. The van der Waals surface area contributed by atoms with Crippen LogP contribution in [0.15, 0.2) is 0 Å². The minimum Gasteiger partial charge on any atom is -0.393 e. The van der Waals surface area contributed by atoms with E-state index < -0.39 is 0 Å². The second-order valence-corrected chi connectivity index (χ2v) is 7.02. The Morgan fingerprint density at radius 1 is 1.11 bits per heavy atom. The second-order valence-electron chi connectivity index (χ2n) is 7.02. The summed E-state index contributed by atoms with van der Waals surface area (Å²) in [4.78, 5) is 5.14. The third-order valence-electron chi connectivity index (χ3n) is 5.37. The zero-order valence-electron chi connectivity index (χ0n) is 13.2. The first-order chi connectivity index (χ1) is 9.01. The van der Waals surface area contributed by atoms with Crippen LogP contribution in [0, 0.1) is 17.8 Å². The van der Waals surface area contributed by atoms with Gasteiger partial charge in [-0.25, -0.2) is 0 Å². The average molecular weight is 268 g/mol. The molecule has 19 heavy (non-hydrogen) atoms. The molecule has 0 radical (unpaired) electrons. The SMILES string of the molecule is CCN1CCN(CC2C(C)CC(C)CC2O)CC1C. The van der Waals surface area contributed by atoms with Gasteiger partial charge >= 0.3 is 0 Å². The van der Waals surface area contributed by atoms with Gasteiger partial charge in [0.25, 0.3) is 0 Å². The molecule has 5 unspecified atom stereocenters. The Bertz CT molecular complexity index is 272. The van der Waals surface area contributed by atoms with Gasteiger partial charge in [0.15, 0.2) is 0 Å². The lowest BCUT2D eigenvalue weighted by Crippen LogP contribution is -2.54. The van der Waals surface area contributed by atoms with Crippen molar-refractivity contribution in [2.45, 2.75) is 52.7 Å². The van der Waals surface area contributed by atoms with Crippen LogP contribution in [0.3, 0.4) is 0 Å². The molecule has 2 aliphatic rings. The third kappa shape index (κ3) is 3.71. The molecule has 0 aromatic rings. The van der Waals surface area contributed by atoms with E-state index in [1.165, 1.54) is 26.1 Å². The molecule has 3 nitrogen and oxygen atoms in total. The van der Waals surface area contributed by atoms with Crippen LogP contribution in [-0.4, -0.2) is 59.8 Å². The van der Waals surface area contributed by atoms with E-state index in [4.69, 9.17) is 0 Å². The predicted molar refractivity (Wildman–Crippen MR) is 80.2 cm³/mol. The highest BCUT2D eigenvalue weighted by Crippen LogP contribution is 2.34. The molecule has 0 aromatic heterocycles. The minimum atomic E-state index is -0.0849. The maximum atomic E-state index is 10.4. The molecule has 0 aromatic carbocycles. The van der Waals surface area contributed by atoms with Crippen LogP contribution in [0.4, 0.5) is 0 Å². The van der Waals surface area contributed by atoms with Crippen LogP contribution in [-0.2, 0) is 0 Å². The van der Waals surface area contributed by atoms with E-state index in [9.17, 15) is 5.11 Å². The first-order valence-corrected chi connectivity index (χ1v) is 8.15. The lowest BCUT2D eigenvalue weighted by atomic mass is 9.73. The highest BCUT2D eigenvalue weighted by Gasteiger charge is 2.35. The number of likely N-dealkylation sites (N-methyl/N-ethyl adjacent to an activating group) is 1. The number of hydrogen-bond donors (Lipinski definition) is 1. The number of rotatable bonds is 3. The highest BCUT2D eigenvalue weighted by atomic mass is 16.3. The lowest BCUT2D eigenvalue weighted by Gasteiger charge is -2.44. The summed E-state index contributed by atoms with van der Waals surface area (Å²) in [5, 5.41) is 10.4. The zero-order valence-corrected chi connectivity index (χ0v) is 13.2. The van der Waals surface area contributed by atoms with Crippen molar-refractivity contribution in [1.29, 1.82) is 0 Å². The van der Waals surface area contributed by atoms with Gasteiger partial charge in [0.1, 0.15) is 0 Å². The molecule has 112 valence electrons. The normalized spacial score (nSPS) is 42.5. The Hall–Kier alpha value is -0.120. The summed E-state index contributed by atoms with van der Waals surface area (Å²) in [5.41, 5.74) is 0. The number of hydrogen-bond acceptors (Lipinski definition) is 3. The molecule has 0 bridgehead atoms. The van der Waals surface area contributed by atoms with Gasteiger partial charge in [-0.3, -0.25) is 4.90 Å². The molecular weight excluding hydrogens is 236 g/mol. The van der Waals surface area contributed by atoms with E-state index >= 15 is 0 Å². The fourth-order valence-corrected chi connectivity index (χ4v) is 4.18. The number of aliphatic hydroxyl groups excluding tert-OH is 1. The van der Waals surface area contributed by atoms with Crippen molar-refractivity contribution in [3.8, 4) is 0 Å². The van der Waals surface area contributed by atoms with Crippen LogP contribution >= 0.6 is 0 Å². The predicted octanol–water partition coefficient (Wildman–Crippen LogP) is 2.06. The van der Waals surface area contributed by atoms with Crippen LogP contribution in [0.25, 0.3) is 0 Å². The van der Waals surface area contributed by atoms with E-state index in [1.807, 2.05) is 0 Å². The molecule has 1 saturated carbocycles. The average Bonchev–Trinajstić information content (AvgIpc) is 2.34. The largest absolute Gasteiger partial charge is 0.393 e. The van der Waals surface area contributed by atoms with Crippen LogP contribution in [0.1, 0.15) is 40.5 Å². The lowest BCUT2D eigenvalue weighted by molar-refractivity contribution is -0.0156. The van der Waals surface area contributed by atoms with E-state index in [2.05, 4.69) is 37.5 Å². The zero-order chi connectivity index (χ0) is 14.0. The number of nitrogens with zero attached hydrogens (tertiary/aromatic N) is 2. The molecule has 2 rings (SSSR count). The molecule has 2 fully saturated rings. The first-order valence-electron chi connectivity index (χ1n) is 8.15. The van der Waals surface area contributed by atoms with Crippen LogP contribution in [0.2, 0.25) is 0 Å². The molecule has 0 spiro atoms. The summed E-state index contributed by atoms with van der Waals surface area (Å²) in [6, 6.07) is 0.661. The fraction of sp³-hybridized carbons (Fsp3) is 1.00. The molecule has 5 atom stereocenters. The van der Waals surface area contributed by atoms with Crippen LogP contribution in [0.5, 0.6) is 0 Å². The summed E-state index contributed by atoms with van der Waals surface area (Å²) in [6.07, 6.45) is 2.20. The van der Waals surface area contributed by atoms with Crippen molar-refractivity contribution in [3.05, 3.63) is 0 Å². The van der Waals surface area contributed by atoms with Gasteiger partial charge in [-0.1, -0.05) is 20.8 Å². The molecule has 1 heterocycles. The Labute approximate surface area is 119 Å². The monoisotopic (exact) mass is 268 g/mol. The van der Waals surface area contributed by atoms with Crippen molar-refractivity contribution in [1.82, 2.24) is 9.80 Å². The van der Waals surface area contributed by atoms with Gasteiger partial charge in [0.05, 0.1) is 6.10 Å². The standard InChI is InChI=1S/C16H32N2O/c1-5-18-7-6-17(10-14(18)4)11-15-13(3)8-12(2)9-16(15)19/h12-16,19H,5-11H2,1-4H3. The second kappa shape index (κ2) is 6.55. The minimum absolute atomic E-state index is 0.0849. The summed E-state index contributed by atoms with van der Waals surface area (Å²) >= 11 is 0. The Balaban J connectivity index is 1.87. The van der Waals surface area contributed by atoms with Gasteiger partial charge in [0, 0.05) is 38.1 Å². The fourth-order valence-electron chi connectivity index (χ4n) is 4.18. The molecule has 0 amide bonds. The Morgan fingerprint density at radius 2 is 1.84 bits per heavy atom. The summed E-state index contributed by atoms with van der Waals surface area (Å²) < 4.78 is 0. The smallest absolute Gasteiger partial charge is 0.0585 e. The van der Waals surface area contributed by atoms with Crippen molar-refractivity contribution >= 4 is 0 Å². The van der Waals surface area contributed by atoms with E-state index in [1.54, 1.807) is 0 Å². The van der Waals surface area contributed by atoms with Crippen molar-refractivity contribution < 1.29 is 5.11 Å². The van der Waals surface area contributed by atoms with Gasteiger partial charge in [-0.15, -0.1) is 0 Å². The van der Waals surface area contributed by atoms with Gasteiger partial charge in [-0.05, 0) is 38.1 Å². The molecule has 1 saturated heterocycles. The van der Waals surface area contributed by atoms with Gasteiger partial charge in [0.2, 0.25) is 0 Å². The quantitative estimate of drug-likeness (QED) is 0.849. The van der Waals surface area contributed by atoms with Crippen LogP contribution < -0.4 is 0 Å². The van der Waals surface area contributed by atoms with Gasteiger partial charge < -0.3 is 10.0 Å². The van der Waals surface area contributed by atoms with E-state index in [0.717, 1.165) is 19.5 Å².